The van der Waals surface area contributed by atoms with Gasteiger partial charge in [-0.1, -0.05) is 19.8 Å². The van der Waals surface area contributed by atoms with Gasteiger partial charge in [-0.15, -0.1) is 0 Å². The summed E-state index contributed by atoms with van der Waals surface area (Å²) in [5, 5.41) is 0. The van der Waals surface area contributed by atoms with Crippen LogP contribution in [0.15, 0.2) is 0 Å². The van der Waals surface area contributed by atoms with Crippen molar-refractivity contribution in [1.82, 2.24) is 4.90 Å². The zero-order chi connectivity index (χ0) is 7.68. The molecule has 1 heteroatoms. The maximum atomic E-state index is 2.68. The average molecular weight is 153 g/mol. The van der Waals surface area contributed by atoms with E-state index >= 15 is 0 Å². The summed E-state index contributed by atoms with van der Waals surface area (Å²) >= 11 is 0. The topological polar surface area (TPSA) is 3.24 Å². The van der Waals surface area contributed by atoms with Gasteiger partial charge in [-0.3, -0.25) is 4.90 Å². The lowest BCUT2D eigenvalue weighted by Crippen LogP contribution is -2.59. The van der Waals surface area contributed by atoms with Crippen LogP contribution < -0.4 is 0 Å². The van der Waals surface area contributed by atoms with Crippen LogP contribution in [0.1, 0.15) is 39.0 Å². The number of nitrogens with zero attached hydrogens (tertiary/aromatic N) is 1. The Kier molecular flexibility index (Phi) is 2.17. The van der Waals surface area contributed by atoms with Crippen molar-refractivity contribution in [3.05, 3.63) is 0 Å². The monoisotopic (exact) mass is 153 g/mol. The minimum atomic E-state index is 1.00. The number of hydrogen-bond acceptors (Lipinski definition) is 1. The Balaban J connectivity index is 1.77. The van der Waals surface area contributed by atoms with Crippen molar-refractivity contribution < 1.29 is 0 Å². The summed E-state index contributed by atoms with van der Waals surface area (Å²) in [5.74, 6) is 1.09. The van der Waals surface area contributed by atoms with E-state index in [4.69, 9.17) is 0 Å². The van der Waals surface area contributed by atoms with Gasteiger partial charge in [-0.05, 0) is 31.7 Å². The number of piperidine rings is 2. The van der Waals surface area contributed by atoms with Crippen LogP contribution in [0.2, 0.25) is 0 Å². The van der Waals surface area contributed by atoms with Gasteiger partial charge < -0.3 is 0 Å². The summed E-state index contributed by atoms with van der Waals surface area (Å²) in [7, 11) is 0. The zero-order valence-electron chi connectivity index (χ0n) is 7.55. The highest BCUT2D eigenvalue weighted by Gasteiger charge is 2.40. The summed E-state index contributed by atoms with van der Waals surface area (Å²) in [6, 6.07) is 1.00. The van der Waals surface area contributed by atoms with Crippen molar-refractivity contribution in [2.75, 3.05) is 13.1 Å². The van der Waals surface area contributed by atoms with E-state index < -0.39 is 0 Å². The molecule has 0 amide bonds. The van der Waals surface area contributed by atoms with E-state index in [1.807, 2.05) is 0 Å². The number of hydrogen-bond donors (Lipinski definition) is 0. The summed E-state index contributed by atoms with van der Waals surface area (Å²) in [5.41, 5.74) is 0. The SMILES string of the molecule is CCCCC1C2CCCN1C2. The van der Waals surface area contributed by atoms with Crippen LogP contribution in [0.4, 0.5) is 0 Å². The van der Waals surface area contributed by atoms with E-state index in [0.717, 1.165) is 12.0 Å². The molecule has 3 heterocycles. The molecule has 0 saturated carbocycles. The molecule has 0 N–H and O–H groups in total. The second-order valence-electron chi connectivity index (χ2n) is 4.11. The molecule has 3 aliphatic heterocycles. The molecule has 11 heavy (non-hydrogen) atoms. The van der Waals surface area contributed by atoms with E-state index in [9.17, 15) is 0 Å². The molecule has 0 radical (unpaired) electrons. The first-order valence-corrected chi connectivity index (χ1v) is 5.16. The van der Waals surface area contributed by atoms with E-state index in [-0.39, 0.29) is 0 Å². The standard InChI is InChI=1S/C10H19N/c1-2-3-6-10-9-5-4-7-11(10)8-9/h9-10H,2-8H2,1H3. The quantitative estimate of drug-likeness (QED) is 0.601. The molecule has 3 aliphatic rings. The van der Waals surface area contributed by atoms with Gasteiger partial charge in [0.05, 0.1) is 0 Å². The van der Waals surface area contributed by atoms with E-state index in [0.29, 0.717) is 0 Å². The Hall–Kier alpha value is -0.0400. The minimum absolute atomic E-state index is 1.00. The molecule has 3 rings (SSSR count). The number of rotatable bonds is 3. The van der Waals surface area contributed by atoms with Crippen molar-refractivity contribution in [3.63, 3.8) is 0 Å². The van der Waals surface area contributed by atoms with E-state index in [2.05, 4.69) is 11.8 Å². The van der Waals surface area contributed by atoms with Crippen LogP contribution in [-0.4, -0.2) is 24.0 Å². The maximum Gasteiger partial charge on any atom is 0.0136 e. The van der Waals surface area contributed by atoms with E-state index in [1.54, 1.807) is 0 Å². The van der Waals surface area contributed by atoms with E-state index in [1.165, 1.54) is 45.2 Å². The Labute approximate surface area is 69.8 Å². The Morgan fingerprint density at radius 2 is 2.36 bits per heavy atom. The van der Waals surface area contributed by atoms with Gasteiger partial charge in [-0.2, -0.15) is 0 Å². The highest BCUT2D eigenvalue weighted by Crippen LogP contribution is 2.36. The molecular formula is C10H19N. The molecule has 3 fully saturated rings. The lowest BCUT2D eigenvalue weighted by molar-refractivity contribution is -0.0336. The van der Waals surface area contributed by atoms with Gasteiger partial charge in [0.15, 0.2) is 0 Å². The molecule has 0 aromatic carbocycles. The van der Waals surface area contributed by atoms with Gasteiger partial charge >= 0.3 is 0 Å². The first-order valence-electron chi connectivity index (χ1n) is 5.16. The second-order valence-corrected chi connectivity index (χ2v) is 4.11. The molecule has 1 nitrogen and oxygen atoms in total. The van der Waals surface area contributed by atoms with Crippen molar-refractivity contribution in [3.8, 4) is 0 Å². The molecule has 64 valence electrons. The fourth-order valence-corrected chi connectivity index (χ4v) is 2.65. The van der Waals surface area contributed by atoms with Crippen molar-refractivity contribution >= 4 is 0 Å². The third-order valence-corrected chi connectivity index (χ3v) is 3.36. The van der Waals surface area contributed by atoms with Crippen molar-refractivity contribution in [2.24, 2.45) is 5.92 Å². The molecule has 3 atom stereocenters. The molecule has 0 aliphatic carbocycles. The Morgan fingerprint density at radius 1 is 1.45 bits per heavy atom. The molecule has 0 spiro atoms. The van der Waals surface area contributed by atoms with Crippen LogP contribution in [0.3, 0.4) is 0 Å². The first-order chi connectivity index (χ1) is 5.42. The Bertz CT molecular complexity index is 119. The van der Waals surface area contributed by atoms with Crippen molar-refractivity contribution in [1.29, 1.82) is 0 Å². The zero-order valence-corrected chi connectivity index (χ0v) is 7.55. The molecule has 0 aromatic heterocycles. The molecule has 3 saturated heterocycles. The van der Waals surface area contributed by atoms with Crippen LogP contribution in [-0.2, 0) is 0 Å². The fourth-order valence-electron chi connectivity index (χ4n) is 2.65. The summed E-state index contributed by atoms with van der Waals surface area (Å²) in [4.78, 5) is 2.68. The third-order valence-electron chi connectivity index (χ3n) is 3.36. The average Bonchev–Trinajstić information content (AvgIpc) is 2.06. The summed E-state index contributed by atoms with van der Waals surface area (Å²) < 4.78 is 0. The Morgan fingerprint density at radius 3 is 2.91 bits per heavy atom. The first kappa shape index (κ1) is 7.60. The van der Waals surface area contributed by atoms with Crippen LogP contribution in [0.25, 0.3) is 0 Å². The molecule has 0 aromatic rings. The second kappa shape index (κ2) is 3.14. The predicted molar refractivity (Wildman–Crippen MR) is 47.6 cm³/mol. The van der Waals surface area contributed by atoms with Gasteiger partial charge in [0, 0.05) is 12.6 Å². The predicted octanol–water partition coefficient (Wildman–Crippen LogP) is 2.27. The lowest BCUT2D eigenvalue weighted by atomic mass is 9.78. The lowest BCUT2D eigenvalue weighted by Gasteiger charge is -2.53. The van der Waals surface area contributed by atoms with Gasteiger partial charge in [0.2, 0.25) is 0 Å². The van der Waals surface area contributed by atoms with Gasteiger partial charge in [-0.25, -0.2) is 0 Å². The minimum Gasteiger partial charge on any atom is -0.300 e. The third kappa shape index (κ3) is 1.31. The van der Waals surface area contributed by atoms with Crippen LogP contribution in [0.5, 0.6) is 0 Å². The molecule has 3 unspecified atom stereocenters. The normalized spacial score (nSPS) is 41.7. The van der Waals surface area contributed by atoms with Crippen molar-refractivity contribution in [2.45, 2.75) is 45.1 Å². The van der Waals surface area contributed by atoms with Gasteiger partial charge in [0.25, 0.3) is 0 Å². The van der Waals surface area contributed by atoms with Crippen LogP contribution >= 0.6 is 0 Å². The van der Waals surface area contributed by atoms with Crippen LogP contribution in [0, 0.1) is 5.92 Å². The highest BCUT2D eigenvalue weighted by molar-refractivity contribution is 4.94. The largest absolute Gasteiger partial charge is 0.300 e. The number of fused-ring (bicyclic) bond motifs is 2. The molecule has 2 bridgehead atoms. The summed E-state index contributed by atoms with van der Waals surface area (Å²) in [6.07, 6.45) is 7.27. The highest BCUT2D eigenvalue weighted by atomic mass is 15.2. The van der Waals surface area contributed by atoms with Gasteiger partial charge in [0.1, 0.15) is 0 Å². The maximum absolute atomic E-state index is 2.68. The number of unbranched alkanes of at least 4 members (excludes halogenated alkanes) is 1. The molecular weight excluding hydrogens is 134 g/mol. The fraction of sp³-hybridized carbons (Fsp3) is 1.00. The smallest absolute Gasteiger partial charge is 0.0136 e. The summed E-state index contributed by atoms with van der Waals surface area (Å²) in [6.45, 7) is 5.11.